The van der Waals surface area contributed by atoms with Gasteiger partial charge in [0.1, 0.15) is 11.4 Å². The number of hydrogen-bond acceptors (Lipinski definition) is 3. The van der Waals surface area contributed by atoms with Gasteiger partial charge in [-0.05, 0) is 31.5 Å². The second-order valence-electron chi connectivity index (χ2n) is 5.01. The molecule has 1 N–H and O–H groups in total. The molecule has 0 radical (unpaired) electrons. The number of nitrogens with one attached hydrogen (secondary N) is 1. The zero-order chi connectivity index (χ0) is 13.5. The van der Waals surface area contributed by atoms with Crippen LogP contribution in [0.4, 0.5) is 10.1 Å². The molecule has 1 aliphatic heterocycles. The molecule has 1 aromatic rings. The molecule has 1 aliphatic rings. The van der Waals surface area contributed by atoms with Crippen molar-refractivity contribution in [1.82, 2.24) is 4.90 Å². The van der Waals surface area contributed by atoms with Gasteiger partial charge in [-0.3, -0.25) is 4.79 Å². The van der Waals surface area contributed by atoms with E-state index in [1.54, 1.807) is 20.9 Å². The lowest BCUT2D eigenvalue weighted by atomic mass is 10.0. The quantitative estimate of drug-likeness (QED) is 0.871. The third kappa shape index (κ3) is 2.02. The van der Waals surface area contributed by atoms with Crippen LogP contribution in [0.3, 0.4) is 0 Å². The first-order valence-corrected chi connectivity index (χ1v) is 5.61. The van der Waals surface area contributed by atoms with Crippen LogP contribution in [0.5, 0.6) is 0 Å². The number of carbonyl (C=O) groups excluding carboxylic acids is 1. The Hall–Kier alpha value is -2.09. The molecular weight excluding hydrogens is 233 g/mol. The number of amides is 1. The molecule has 0 fully saturated rings. The largest absolute Gasteiger partial charge is 0.365 e. The minimum Gasteiger partial charge on any atom is -0.365 e. The van der Waals surface area contributed by atoms with Crippen molar-refractivity contribution in [2.24, 2.45) is 0 Å². The van der Waals surface area contributed by atoms with Gasteiger partial charge in [-0.15, -0.1) is 0 Å². The number of nitriles is 1. The first-order valence-electron chi connectivity index (χ1n) is 5.61. The topological polar surface area (TPSA) is 56.1 Å². The monoisotopic (exact) mass is 247 g/mol. The highest BCUT2D eigenvalue weighted by molar-refractivity contribution is 5.99. The summed E-state index contributed by atoms with van der Waals surface area (Å²) >= 11 is 0. The number of hydrogen-bond donors (Lipinski definition) is 1. The van der Waals surface area contributed by atoms with E-state index in [4.69, 9.17) is 5.26 Å². The van der Waals surface area contributed by atoms with Crippen molar-refractivity contribution in [3.8, 4) is 6.07 Å². The highest BCUT2D eigenvalue weighted by atomic mass is 19.1. The van der Waals surface area contributed by atoms with Crippen LogP contribution >= 0.6 is 0 Å². The molecule has 0 aromatic heterocycles. The predicted molar refractivity (Wildman–Crippen MR) is 65.5 cm³/mol. The van der Waals surface area contributed by atoms with Crippen LogP contribution in [0.15, 0.2) is 12.1 Å². The lowest BCUT2D eigenvalue weighted by Gasteiger charge is -2.19. The summed E-state index contributed by atoms with van der Waals surface area (Å²) in [6, 6.07) is 4.87. The summed E-state index contributed by atoms with van der Waals surface area (Å²) in [6.45, 7) is 3.72. The summed E-state index contributed by atoms with van der Waals surface area (Å²) < 4.78 is 13.9. The number of halogens is 1. The molecule has 1 amide bonds. The van der Waals surface area contributed by atoms with E-state index in [-0.39, 0.29) is 11.6 Å². The molecule has 0 spiro atoms. The van der Waals surface area contributed by atoms with Crippen molar-refractivity contribution in [3.05, 3.63) is 29.1 Å². The van der Waals surface area contributed by atoms with Gasteiger partial charge in [0.2, 0.25) is 0 Å². The fraction of sp³-hybridized carbons (Fsp3) is 0.385. The van der Waals surface area contributed by atoms with E-state index in [2.05, 4.69) is 5.32 Å². The van der Waals surface area contributed by atoms with Gasteiger partial charge in [-0.1, -0.05) is 0 Å². The normalized spacial score (nSPS) is 14.4. The number of anilines is 1. The molecule has 2 rings (SSSR count). The fourth-order valence-corrected chi connectivity index (χ4v) is 1.94. The molecule has 0 aliphatic carbocycles. The number of fused-ring (bicyclic) bond motifs is 1. The van der Waals surface area contributed by atoms with Crippen molar-refractivity contribution < 1.29 is 9.18 Å². The second kappa shape index (κ2) is 3.98. The SMILES string of the molecule is CN1Cc2cc(F)c(NC(C)(C)C#N)cc2C1=O. The van der Waals surface area contributed by atoms with Crippen molar-refractivity contribution in [1.29, 1.82) is 5.26 Å². The van der Waals surface area contributed by atoms with Crippen LogP contribution in [-0.4, -0.2) is 23.4 Å². The Morgan fingerprint density at radius 3 is 2.78 bits per heavy atom. The summed E-state index contributed by atoms with van der Waals surface area (Å²) in [7, 11) is 1.67. The molecule has 94 valence electrons. The Morgan fingerprint density at radius 2 is 2.17 bits per heavy atom. The Balaban J connectivity index is 2.42. The van der Waals surface area contributed by atoms with Crippen molar-refractivity contribution >= 4 is 11.6 Å². The van der Waals surface area contributed by atoms with Gasteiger partial charge in [0.05, 0.1) is 11.8 Å². The van der Waals surface area contributed by atoms with E-state index in [1.165, 1.54) is 17.0 Å². The molecule has 4 nitrogen and oxygen atoms in total. The second-order valence-corrected chi connectivity index (χ2v) is 5.01. The van der Waals surface area contributed by atoms with Gasteiger partial charge >= 0.3 is 0 Å². The van der Waals surface area contributed by atoms with Gasteiger partial charge in [-0.25, -0.2) is 4.39 Å². The first-order chi connectivity index (χ1) is 8.34. The van der Waals surface area contributed by atoms with Crippen LogP contribution in [0, 0.1) is 17.1 Å². The number of carbonyl (C=O) groups is 1. The fourth-order valence-electron chi connectivity index (χ4n) is 1.94. The van der Waals surface area contributed by atoms with Gasteiger partial charge in [0.25, 0.3) is 5.91 Å². The van der Waals surface area contributed by atoms with Crippen LogP contribution in [0.25, 0.3) is 0 Å². The highest BCUT2D eigenvalue weighted by Gasteiger charge is 2.27. The van der Waals surface area contributed by atoms with Crippen molar-refractivity contribution in [3.63, 3.8) is 0 Å². The lowest BCUT2D eigenvalue weighted by Crippen LogP contribution is -2.29. The third-order valence-corrected chi connectivity index (χ3v) is 2.90. The van der Waals surface area contributed by atoms with E-state index >= 15 is 0 Å². The van der Waals surface area contributed by atoms with E-state index in [1.807, 2.05) is 6.07 Å². The smallest absolute Gasteiger partial charge is 0.254 e. The van der Waals surface area contributed by atoms with E-state index < -0.39 is 11.4 Å². The molecular formula is C13H14FN3O. The van der Waals surface area contributed by atoms with Crippen molar-refractivity contribution in [2.75, 3.05) is 12.4 Å². The maximum absolute atomic E-state index is 13.9. The van der Waals surface area contributed by atoms with Gasteiger partial charge in [0.15, 0.2) is 0 Å². The molecule has 0 saturated heterocycles. The van der Waals surface area contributed by atoms with E-state index in [0.717, 1.165) is 0 Å². The lowest BCUT2D eigenvalue weighted by molar-refractivity contribution is 0.0816. The Morgan fingerprint density at radius 1 is 1.50 bits per heavy atom. The summed E-state index contributed by atoms with van der Waals surface area (Å²) in [4.78, 5) is 13.3. The van der Waals surface area contributed by atoms with E-state index in [9.17, 15) is 9.18 Å². The average Bonchev–Trinajstić information content (AvgIpc) is 2.56. The maximum Gasteiger partial charge on any atom is 0.254 e. The van der Waals surface area contributed by atoms with Crippen LogP contribution < -0.4 is 5.32 Å². The predicted octanol–water partition coefficient (Wildman–Crippen LogP) is 2.13. The standard InChI is InChI=1S/C13H14FN3O/c1-13(2,7-15)16-11-5-9-8(4-10(11)14)6-17(3)12(9)18/h4-5,16H,6H2,1-3H3. The minimum absolute atomic E-state index is 0.122. The van der Waals surface area contributed by atoms with Crippen LogP contribution in [0.2, 0.25) is 0 Å². The molecule has 0 bridgehead atoms. The molecule has 5 heteroatoms. The Bertz CT molecular complexity index is 560. The Labute approximate surface area is 105 Å². The first kappa shape index (κ1) is 12.4. The zero-order valence-electron chi connectivity index (χ0n) is 10.5. The zero-order valence-corrected chi connectivity index (χ0v) is 10.5. The van der Waals surface area contributed by atoms with Crippen LogP contribution in [0.1, 0.15) is 29.8 Å². The van der Waals surface area contributed by atoms with Gasteiger partial charge in [-0.2, -0.15) is 5.26 Å². The Kier molecular flexibility index (Phi) is 2.74. The summed E-state index contributed by atoms with van der Waals surface area (Å²) in [6.07, 6.45) is 0. The molecule has 18 heavy (non-hydrogen) atoms. The number of nitrogens with zero attached hydrogens (tertiary/aromatic N) is 2. The molecule has 1 aromatic carbocycles. The van der Waals surface area contributed by atoms with Crippen molar-refractivity contribution in [2.45, 2.75) is 25.9 Å². The summed E-state index contributed by atoms with van der Waals surface area (Å²) in [5, 5.41) is 11.7. The maximum atomic E-state index is 13.9. The van der Waals surface area contributed by atoms with Gasteiger partial charge in [0, 0.05) is 19.2 Å². The molecule has 0 unspecified atom stereocenters. The third-order valence-electron chi connectivity index (χ3n) is 2.90. The molecule has 1 heterocycles. The number of benzene rings is 1. The molecule has 0 saturated carbocycles. The number of rotatable bonds is 2. The average molecular weight is 247 g/mol. The minimum atomic E-state index is -0.886. The van der Waals surface area contributed by atoms with E-state index in [0.29, 0.717) is 17.7 Å². The summed E-state index contributed by atoms with van der Waals surface area (Å²) in [5.41, 5.74) is 0.474. The summed E-state index contributed by atoms with van der Waals surface area (Å²) in [5.74, 6) is -0.567. The highest BCUT2D eigenvalue weighted by Crippen LogP contribution is 2.28. The van der Waals surface area contributed by atoms with Gasteiger partial charge < -0.3 is 10.2 Å². The van der Waals surface area contributed by atoms with Crippen LogP contribution in [-0.2, 0) is 6.54 Å². The molecule has 0 atom stereocenters.